The molecule has 1 aliphatic heterocycles. The van der Waals surface area contributed by atoms with Gasteiger partial charge in [0.2, 0.25) is 0 Å². The molecule has 4 heteroatoms. The first kappa shape index (κ1) is 15.4. The zero-order valence-corrected chi connectivity index (χ0v) is 12.0. The largest absolute Gasteiger partial charge is 0.467 e. The van der Waals surface area contributed by atoms with Crippen LogP contribution in [0.1, 0.15) is 39.5 Å². The van der Waals surface area contributed by atoms with E-state index in [2.05, 4.69) is 18.7 Å². The molecule has 1 aliphatic rings. The molecule has 0 aromatic carbocycles. The molecule has 4 nitrogen and oxygen atoms in total. The van der Waals surface area contributed by atoms with Crippen molar-refractivity contribution in [3.05, 3.63) is 0 Å². The van der Waals surface area contributed by atoms with Crippen molar-refractivity contribution >= 4 is 5.97 Å². The zero-order valence-electron chi connectivity index (χ0n) is 12.0. The van der Waals surface area contributed by atoms with Crippen molar-refractivity contribution in [2.75, 3.05) is 33.4 Å². The summed E-state index contributed by atoms with van der Waals surface area (Å²) in [6.45, 7) is 7.79. The van der Waals surface area contributed by atoms with E-state index >= 15 is 0 Å². The standard InChI is InChI=1S/C14H27NO3/c1-4-6-7-12(5-2)10-15-8-9-18-13(11-15)14(16)17-3/h12-13H,4-11H2,1-3H3. The third kappa shape index (κ3) is 4.94. The highest BCUT2D eigenvalue weighted by atomic mass is 16.6. The second-order valence-electron chi connectivity index (χ2n) is 5.06. The number of esters is 1. The molecular formula is C14H27NO3. The van der Waals surface area contributed by atoms with Crippen molar-refractivity contribution in [2.24, 2.45) is 5.92 Å². The third-order valence-electron chi connectivity index (χ3n) is 3.67. The van der Waals surface area contributed by atoms with Crippen LogP contribution in [-0.4, -0.2) is 50.3 Å². The van der Waals surface area contributed by atoms with Gasteiger partial charge in [0.25, 0.3) is 0 Å². The molecule has 0 saturated carbocycles. The van der Waals surface area contributed by atoms with E-state index in [0.717, 1.165) is 19.0 Å². The minimum absolute atomic E-state index is 0.249. The van der Waals surface area contributed by atoms with Gasteiger partial charge in [0.1, 0.15) is 0 Å². The van der Waals surface area contributed by atoms with E-state index < -0.39 is 6.10 Å². The summed E-state index contributed by atoms with van der Waals surface area (Å²) in [7, 11) is 1.42. The Balaban J connectivity index is 2.38. The quantitative estimate of drug-likeness (QED) is 0.655. The summed E-state index contributed by atoms with van der Waals surface area (Å²) >= 11 is 0. The Labute approximate surface area is 111 Å². The number of unbranched alkanes of at least 4 members (excludes halogenated alkanes) is 1. The predicted octanol–water partition coefficient (Wildman–Crippen LogP) is 2.08. The Morgan fingerprint density at radius 2 is 2.28 bits per heavy atom. The van der Waals surface area contributed by atoms with Crippen molar-refractivity contribution in [3.8, 4) is 0 Å². The molecule has 2 unspecified atom stereocenters. The maximum atomic E-state index is 11.5. The maximum absolute atomic E-state index is 11.5. The van der Waals surface area contributed by atoms with E-state index in [0.29, 0.717) is 13.2 Å². The van der Waals surface area contributed by atoms with Crippen molar-refractivity contribution < 1.29 is 14.3 Å². The average Bonchev–Trinajstić information content (AvgIpc) is 2.42. The van der Waals surface area contributed by atoms with Crippen LogP contribution in [-0.2, 0) is 14.3 Å². The zero-order chi connectivity index (χ0) is 13.4. The minimum atomic E-state index is -0.396. The number of nitrogens with zero attached hydrogens (tertiary/aromatic N) is 1. The first-order valence-corrected chi connectivity index (χ1v) is 7.13. The Bertz CT molecular complexity index is 245. The molecule has 0 amide bonds. The topological polar surface area (TPSA) is 38.8 Å². The number of ether oxygens (including phenoxy) is 2. The van der Waals surface area contributed by atoms with Gasteiger partial charge in [-0.05, 0) is 12.3 Å². The Morgan fingerprint density at radius 1 is 1.50 bits per heavy atom. The molecule has 0 bridgehead atoms. The number of carbonyl (C=O) groups is 1. The van der Waals surface area contributed by atoms with Crippen LogP contribution in [0.2, 0.25) is 0 Å². The summed E-state index contributed by atoms with van der Waals surface area (Å²) in [6, 6.07) is 0. The molecule has 1 rings (SSSR count). The number of carbonyl (C=O) groups excluding carboxylic acids is 1. The molecule has 0 aromatic heterocycles. The summed E-state index contributed by atoms with van der Waals surface area (Å²) in [5.41, 5.74) is 0. The van der Waals surface area contributed by atoms with Crippen LogP contribution in [0.4, 0.5) is 0 Å². The number of hydrogen-bond donors (Lipinski definition) is 0. The first-order chi connectivity index (χ1) is 8.71. The number of hydrogen-bond acceptors (Lipinski definition) is 4. The van der Waals surface area contributed by atoms with Gasteiger partial charge in [-0.15, -0.1) is 0 Å². The fourth-order valence-electron chi connectivity index (χ4n) is 2.42. The van der Waals surface area contributed by atoms with Crippen LogP contribution in [0.3, 0.4) is 0 Å². The maximum Gasteiger partial charge on any atom is 0.336 e. The molecule has 106 valence electrons. The van der Waals surface area contributed by atoms with Gasteiger partial charge in [0.15, 0.2) is 6.10 Å². The van der Waals surface area contributed by atoms with Crippen LogP contribution in [0.15, 0.2) is 0 Å². The molecule has 0 aliphatic carbocycles. The normalized spacial score (nSPS) is 22.7. The highest BCUT2D eigenvalue weighted by molar-refractivity contribution is 5.74. The predicted molar refractivity (Wildman–Crippen MR) is 71.5 cm³/mol. The summed E-state index contributed by atoms with van der Waals surface area (Å²) in [4.78, 5) is 13.8. The van der Waals surface area contributed by atoms with E-state index in [-0.39, 0.29) is 5.97 Å². The smallest absolute Gasteiger partial charge is 0.336 e. The number of methoxy groups -OCH3 is 1. The van der Waals surface area contributed by atoms with Crippen LogP contribution in [0, 0.1) is 5.92 Å². The van der Waals surface area contributed by atoms with Crippen molar-refractivity contribution in [1.82, 2.24) is 4.90 Å². The lowest BCUT2D eigenvalue weighted by Crippen LogP contribution is -2.47. The van der Waals surface area contributed by atoms with Gasteiger partial charge in [0, 0.05) is 19.6 Å². The van der Waals surface area contributed by atoms with Crippen molar-refractivity contribution in [2.45, 2.75) is 45.6 Å². The summed E-state index contributed by atoms with van der Waals surface area (Å²) in [5, 5.41) is 0. The summed E-state index contributed by atoms with van der Waals surface area (Å²) < 4.78 is 10.2. The molecule has 0 N–H and O–H groups in total. The molecule has 1 fully saturated rings. The molecule has 1 saturated heterocycles. The van der Waals surface area contributed by atoms with E-state index in [1.54, 1.807) is 0 Å². The molecular weight excluding hydrogens is 230 g/mol. The van der Waals surface area contributed by atoms with Gasteiger partial charge < -0.3 is 9.47 Å². The molecule has 0 aromatic rings. The van der Waals surface area contributed by atoms with Crippen molar-refractivity contribution in [3.63, 3.8) is 0 Å². The number of morpholine rings is 1. The van der Waals surface area contributed by atoms with E-state index in [9.17, 15) is 4.79 Å². The summed E-state index contributed by atoms with van der Waals surface area (Å²) in [5.74, 6) is 0.489. The first-order valence-electron chi connectivity index (χ1n) is 7.13. The molecule has 0 radical (unpaired) electrons. The minimum Gasteiger partial charge on any atom is -0.467 e. The molecule has 18 heavy (non-hydrogen) atoms. The Morgan fingerprint density at radius 3 is 2.89 bits per heavy atom. The monoisotopic (exact) mass is 257 g/mol. The van der Waals surface area contributed by atoms with Crippen LogP contribution in [0.25, 0.3) is 0 Å². The van der Waals surface area contributed by atoms with Crippen LogP contribution in [0.5, 0.6) is 0 Å². The average molecular weight is 257 g/mol. The van der Waals surface area contributed by atoms with E-state index in [1.165, 1.54) is 32.8 Å². The van der Waals surface area contributed by atoms with E-state index in [1.807, 2.05) is 0 Å². The lowest BCUT2D eigenvalue weighted by Gasteiger charge is -2.33. The molecule has 0 spiro atoms. The molecule has 1 heterocycles. The fraction of sp³-hybridized carbons (Fsp3) is 0.929. The van der Waals surface area contributed by atoms with Gasteiger partial charge in [-0.2, -0.15) is 0 Å². The van der Waals surface area contributed by atoms with E-state index in [4.69, 9.17) is 9.47 Å². The van der Waals surface area contributed by atoms with Gasteiger partial charge in [-0.3, -0.25) is 4.90 Å². The van der Waals surface area contributed by atoms with Gasteiger partial charge in [-0.25, -0.2) is 4.79 Å². The number of rotatable bonds is 7. The Hall–Kier alpha value is -0.610. The fourth-order valence-corrected chi connectivity index (χ4v) is 2.42. The van der Waals surface area contributed by atoms with Crippen LogP contribution >= 0.6 is 0 Å². The van der Waals surface area contributed by atoms with Gasteiger partial charge in [-0.1, -0.05) is 33.1 Å². The highest BCUT2D eigenvalue weighted by Gasteiger charge is 2.28. The van der Waals surface area contributed by atoms with Crippen molar-refractivity contribution in [1.29, 1.82) is 0 Å². The second-order valence-corrected chi connectivity index (χ2v) is 5.06. The SMILES string of the molecule is CCCCC(CC)CN1CCOC(C(=O)OC)C1. The second kappa shape index (κ2) is 8.48. The van der Waals surface area contributed by atoms with Gasteiger partial charge in [0.05, 0.1) is 13.7 Å². The summed E-state index contributed by atoms with van der Waals surface area (Å²) in [6.07, 6.45) is 4.65. The third-order valence-corrected chi connectivity index (χ3v) is 3.67. The highest BCUT2D eigenvalue weighted by Crippen LogP contribution is 2.16. The van der Waals surface area contributed by atoms with Gasteiger partial charge >= 0.3 is 5.97 Å². The lowest BCUT2D eigenvalue weighted by atomic mass is 9.98. The van der Waals surface area contributed by atoms with Crippen LogP contribution < -0.4 is 0 Å². The molecule has 2 atom stereocenters. The Kier molecular flexibility index (Phi) is 7.28. The lowest BCUT2D eigenvalue weighted by molar-refractivity contribution is -0.160.